The molecule has 0 saturated heterocycles. The molecule has 13 heavy (non-hydrogen) atoms. The first-order valence-electron chi connectivity index (χ1n) is 4.53. The summed E-state index contributed by atoms with van der Waals surface area (Å²) in [5.74, 6) is 0.153. The van der Waals surface area contributed by atoms with Gasteiger partial charge >= 0.3 is 0 Å². The quantitative estimate of drug-likeness (QED) is 0.784. The molecule has 0 spiro atoms. The summed E-state index contributed by atoms with van der Waals surface area (Å²) in [7, 11) is 0. The zero-order valence-electron chi connectivity index (χ0n) is 7.82. The monoisotopic (exact) mass is 197 g/mol. The fourth-order valence-electron chi connectivity index (χ4n) is 1.20. The van der Waals surface area contributed by atoms with Crippen molar-refractivity contribution in [2.75, 3.05) is 0 Å². The number of hydrogen-bond acceptors (Lipinski definition) is 3. The van der Waals surface area contributed by atoms with E-state index < -0.39 is 0 Å². The number of hydrogen-bond donors (Lipinski definition) is 1. The van der Waals surface area contributed by atoms with Gasteiger partial charge in [0, 0.05) is 6.42 Å². The summed E-state index contributed by atoms with van der Waals surface area (Å²) in [5.41, 5.74) is 6.78. The van der Waals surface area contributed by atoms with Crippen LogP contribution in [0.15, 0.2) is 16.8 Å². The van der Waals surface area contributed by atoms with E-state index in [0.717, 1.165) is 18.4 Å². The van der Waals surface area contributed by atoms with Crippen LogP contribution in [0, 0.1) is 0 Å². The number of Topliss-reactive ketones (excluding diaryl/α,β-unsaturated/α-hetero) is 1. The number of thiophene rings is 1. The average molecular weight is 197 g/mol. The first-order chi connectivity index (χ1) is 6.24. The van der Waals surface area contributed by atoms with Crippen LogP contribution in [-0.2, 0) is 11.2 Å². The molecular weight excluding hydrogens is 182 g/mol. The lowest BCUT2D eigenvalue weighted by atomic mass is 10.0. The highest BCUT2D eigenvalue weighted by molar-refractivity contribution is 7.07. The Morgan fingerprint density at radius 2 is 2.46 bits per heavy atom. The molecule has 0 aromatic carbocycles. The minimum absolute atomic E-state index is 0.153. The van der Waals surface area contributed by atoms with Gasteiger partial charge in [-0.25, -0.2) is 0 Å². The van der Waals surface area contributed by atoms with E-state index in [1.165, 1.54) is 0 Å². The van der Waals surface area contributed by atoms with E-state index in [2.05, 4.69) is 0 Å². The molecule has 0 aliphatic carbocycles. The Hall–Kier alpha value is -0.670. The fourth-order valence-corrected chi connectivity index (χ4v) is 1.87. The smallest absolute Gasteiger partial charge is 0.153 e. The Balaban J connectivity index is 2.41. The van der Waals surface area contributed by atoms with Crippen molar-refractivity contribution in [3.05, 3.63) is 22.4 Å². The van der Waals surface area contributed by atoms with Gasteiger partial charge in [0.05, 0.1) is 6.04 Å². The number of carbonyl (C=O) groups excluding carboxylic acids is 1. The maximum absolute atomic E-state index is 11.5. The van der Waals surface area contributed by atoms with Gasteiger partial charge in [0.25, 0.3) is 0 Å². The second kappa shape index (κ2) is 5.14. The molecule has 2 N–H and O–H groups in total. The van der Waals surface area contributed by atoms with Crippen LogP contribution in [0.5, 0.6) is 0 Å². The first-order valence-corrected chi connectivity index (χ1v) is 5.47. The minimum Gasteiger partial charge on any atom is -0.321 e. The van der Waals surface area contributed by atoms with Crippen molar-refractivity contribution >= 4 is 17.1 Å². The van der Waals surface area contributed by atoms with Gasteiger partial charge < -0.3 is 5.73 Å². The zero-order valence-corrected chi connectivity index (χ0v) is 8.64. The molecule has 0 aliphatic heterocycles. The van der Waals surface area contributed by atoms with E-state index >= 15 is 0 Å². The fraction of sp³-hybridized carbons (Fsp3) is 0.500. The van der Waals surface area contributed by atoms with Crippen LogP contribution in [0.25, 0.3) is 0 Å². The number of ketones is 1. The topological polar surface area (TPSA) is 43.1 Å². The summed E-state index contributed by atoms with van der Waals surface area (Å²) in [6, 6.07) is 1.70. The van der Waals surface area contributed by atoms with Crippen molar-refractivity contribution in [3.63, 3.8) is 0 Å². The summed E-state index contributed by atoms with van der Waals surface area (Å²) >= 11 is 1.61. The maximum atomic E-state index is 11.5. The van der Waals surface area contributed by atoms with Gasteiger partial charge in [-0.1, -0.05) is 13.3 Å². The van der Waals surface area contributed by atoms with E-state index in [1.807, 2.05) is 23.8 Å². The second-order valence-corrected chi connectivity index (χ2v) is 3.95. The second-order valence-electron chi connectivity index (χ2n) is 3.17. The van der Waals surface area contributed by atoms with Crippen LogP contribution in [-0.4, -0.2) is 11.8 Å². The highest BCUT2D eigenvalue weighted by atomic mass is 32.1. The predicted octanol–water partition coefficient (Wildman–Crippen LogP) is 1.99. The van der Waals surface area contributed by atoms with Gasteiger partial charge in [0.2, 0.25) is 0 Å². The highest BCUT2D eigenvalue weighted by Gasteiger charge is 2.12. The van der Waals surface area contributed by atoms with Gasteiger partial charge in [-0.15, -0.1) is 0 Å². The van der Waals surface area contributed by atoms with E-state index in [9.17, 15) is 4.79 Å². The van der Waals surface area contributed by atoms with Crippen molar-refractivity contribution in [1.29, 1.82) is 0 Å². The van der Waals surface area contributed by atoms with Gasteiger partial charge in [-0.3, -0.25) is 4.79 Å². The molecule has 72 valence electrons. The third kappa shape index (κ3) is 3.28. The van der Waals surface area contributed by atoms with E-state index in [0.29, 0.717) is 6.42 Å². The van der Waals surface area contributed by atoms with Crippen LogP contribution in [0.3, 0.4) is 0 Å². The highest BCUT2D eigenvalue weighted by Crippen LogP contribution is 2.08. The average Bonchev–Trinajstić information content (AvgIpc) is 2.57. The van der Waals surface area contributed by atoms with E-state index in [4.69, 9.17) is 5.73 Å². The predicted molar refractivity (Wildman–Crippen MR) is 55.9 cm³/mol. The summed E-state index contributed by atoms with van der Waals surface area (Å²) in [4.78, 5) is 11.5. The third-order valence-corrected chi connectivity index (χ3v) is 2.70. The Labute approximate surface area is 82.8 Å². The van der Waals surface area contributed by atoms with Gasteiger partial charge in [0.1, 0.15) is 0 Å². The van der Waals surface area contributed by atoms with Gasteiger partial charge in [-0.2, -0.15) is 11.3 Å². The lowest BCUT2D eigenvalue weighted by Crippen LogP contribution is -2.31. The Morgan fingerprint density at radius 3 is 3.00 bits per heavy atom. The summed E-state index contributed by atoms with van der Waals surface area (Å²) in [5, 5.41) is 3.98. The van der Waals surface area contributed by atoms with Gasteiger partial charge in [0.15, 0.2) is 5.78 Å². The van der Waals surface area contributed by atoms with Crippen LogP contribution in [0.1, 0.15) is 25.3 Å². The number of nitrogens with two attached hydrogens (primary N) is 1. The molecule has 0 amide bonds. The number of rotatable bonds is 5. The van der Waals surface area contributed by atoms with Crippen molar-refractivity contribution in [1.82, 2.24) is 0 Å². The normalized spacial score (nSPS) is 12.8. The molecule has 0 saturated carbocycles. The zero-order chi connectivity index (χ0) is 9.68. The molecule has 1 aromatic rings. The van der Waals surface area contributed by atoms with Gasteiger partial charge in [-0.05, 0) is 28.8 Å². The van der Waals surface area contributed by atoms with Crippen LogP contribution < -0.4 is 5.73 Å². The molecular formula is C10H15NOS. The molecule has 0 aliphatic rings. The largest absolute Gasteiger partial charge is 0.321 e. The van der Waals surface area contributed by atoms with E-state index in [-0.39, 0.29) is 11.8 Å². The molecule has 1 heterocycles. The molecule has 0 bridgehead atoms. The molecule has 3 heteroatoms. The molecule has 1 rings (SSSR count). The Morgan fingerprint density at radius 1 is 1.69 bits per heavy atom. The van der Waals surface area contributed by atoms with E-state index in [1.54, 1.807) is 11.3 Å². The van der Waals surface area contributed by atoms with Crippen LogP contribution in [0.4, 0.5) is 0 Å². The lowest BCUT2D eigenvalue weighted by Gasteiger charge is -2.07. The molecule has 1 aromatic heterocycles. The van der Waals surface area contributed by atoms with Crippen molar-refractivity contribution in [2.24, 2.45) is 5.73 Å². The summed E-state index contributed by atoms with van der Waals surface area (Å²) in [6.45, 7) is 2.04. The molecule has 1 unspecified atom stereocenters. The number of carbonyl (C=O) groups is 1. The van der Waals surface area contributed by atoms with Crippen LogP contribution >= 0.6 is 11.3 Å². The van der Waals surface area contributed by atoms with Crippen LogP contribution in [0.2, 0.25) is 0 Å². The minimum atomic E-state index is -0.273. The summed E-state index contributed by atoms with van der Waals surface area (Å²) in [6.07, 6.45) is 2.25. The molecule has 0 radical (unpaired) electrons. The van der Waals surface area contributed by atoms with Crippen molar-refractivity contribution in [2.45, 2.75) is 32.2 Å². The molecule has 1 atom stereocenters. The standard InChI is InChI=1S/C10H15NOS/c1-2-3-9(11)10(12)6-8-4-5-13-7-8/h4-5,7,9H,2-3,6,11H2,1H3. The van der Waals surface area contributed by atoms with Crippen molar-refractivity contribution < 1.29 is 4.79 Å². The molecule has 0 fully saturated rings. The summed E-state index contributed by atoms with van der Waals surface area (Å²) < 4.78 is 0. The Bertz CT molecular complexity index is 256. The SMILES string of the molecule is CCCC(N)C(=O)Cc1ccsc1. The lowest BCUT2D eigenvalue weighted by molar-refractivity contribution is -0.119. The molecule has 2 nitrogen and oxygen atoms in total. The Kier molecular flexibility index (Phi) is 4.12. The van der Waals surface area contributed by atoms with Crippen molar-refractivity contribution in [3.8, 4) is 0 Å². The first kappa shape index (κ1) is 10.4. The maximum Gasteiger partial charge on any atom is 0.153 e. The third-order valence-electron chi connectivity index (χ3n) is 1.97.